The van der Waals surface area contributed by atoms with Gasteiger partial charge >= 0.3 is 0 Å². The molecule has 1 aliphatic rings. The Kier molecular flexibility index (Phi) is 3.27. The molecule has 3 heteroatoms. The van der Waals surface area contributed by atoms with Gasteiger partial charge in [0.15, 0.2) is 0 Å². The third-order valence-electron chi connectivity index (χ3n) is 3.13. The molecule has 0 radical (unpaired) electrons. The maximum absolute atomic E-state index is 13.3. The first-order chi connectivity index (χ1) is 7.18. The molecule has 82 valence electrons. The zero-order valence-corrected chi connectivity index (χ0v) is 9.57. The normalized spacial score (nSPS) is 18.1. The van der Waals surface area contributed by atoms with Crippen LogP contribution >= 0.6 is 11.6 Å². The van der Waals surface area contributed by atoms with E-state index in [0.717, 1.165) is 37.1 Å². The highest BCUT2D eigenvalue weighted by atomic mass is 35.5. The second kappa shape index (κ2) is 4.50. The first kappa shape index (κ1) is 10.9. The van der Waals surface area contributed by atoms with Gasteiger partial charge < -0.3 is 5.32 Å². The number of hydrogen-bond donors (Lipinski definition) is 1. The van der Waals surface area contributed by atoms with Gasteiger partial charge in [0, 0.05) is 5.02 Å². The van der Waals surface area contributed by atoms with Gasteiger partial charge in [0.1, 0.15) is 5.82 Å². The number of rotatable bonds is 1. The molecule has 1 aliphatic heterocycles. The maximum Gasteiger partial charge on any atom is 0.124 e. The summed E-state index contributed by atoms with van der Waals surface area (Å²) < 4.78 is 13.3. The van der Waals surface area contributed by atoms with Gasteiger partial charge in [-0.2, -0.15) is 0 Å². The SMILES string of the molecule is Cc1c(Cl)cc(F)cc1C1CCNCC1. The van der Waals surface area contributed by atoms with Crippen LogP contribution in [0.5, 0.6) is 0 Å². The number of hydrogen-bond acceptors (Lipinski definition) is 1. The lowest BCUT2D eigenvalue weighted by molar-refractivity contribution is 0.457. The molecule has 1 N–H and O–H groups in total. The van der Waals surface area contributed by atoms with Gasteiger partial charge in [-0.1, -0.05) is 11.6 Å². The van der Waals surface area contributed by atoms with E-state index in [1.807, 2.05) is 6.92 Å². The Balaban J connectivity index is 2.33. The second-order valence-electron chi connectivity index (χ2n) is 4.13. The van der Waals surface area contributed by atoms with Gasteiger partial charge in [-0.3, -0.25) is 0 Å². The quantitative estimate of drug-likeness (QED) is 0.777. The van der Waals surface area contributed by atoms with E-state index >= 15 is 0 Å². The van der Waals surface area contributed by atoms with E-state index in [2.05, 4.69) is 5.32 Å². The van der Waals surface area contributed by atoms with Crippen LogP contribution in [-0.4, -0.2) is 13.1 Å². The van der Waals surface area contributed by atoms with E-state index < -0.39 is 0 Å². The molecule has 15 heavy (non-hydrogen) atoms. The first-order valence-corrected chi connectivity index (χ1v) is 5.72. The Morgan fingerprint density at radius 3 is 2.67 bits per heavy atom. The summed E-state index contributed by atoms with van der Waals surface area (Å²) in [7, 11) is 0. The minimum atomic E-state index is -0.223. The summed E-state index contributed by atoms with van der Waals surface area (Å²) in [5.41, 5.74) is 2.12. The van der Waals surface area contributed by atoms with Crippen molar-refractivity contribution >= 4 is 11.6 Å². The topological polar surface area (TPSA) is 12.0 Å². The van der Waals surface area contributed by atoms with Crippen LogP contribution < -0.4 is 5.32 Å². The highest BCUT2D eigenvalue weighted by molar-refractivity contribution is 6.31. The van der Waals surface area contributed by atoms with E-state index in [1.54, 1.807) is 6.07 Å². The smallest absolute Gasteiger partial charge is 0.124 e. The fourth-order valence-corrected chi connectivity index (χ4v) is 2.44. The molecule has 0 atom stereocenters. The van der Waals surface area contributed by atoms with Crippen molar-refractivity contribution in [2.45, 2.75) is 25.7 Å². The lowest BCUT2D eigenvalue weighted by Crippen LogP contribution is -2.27. The molecule has 1 aromatic carbocycles. The van der Waals surface area contributed by atoms with Gasteiger partial charge in [0.2, 0.25) is 0 Å². The lowest BCUT2D eigenvalue weighted by atomic mass is 9.87. The van der Waals surface area contributed by atoms with Crippen molar-refractivity contribution in [3.63, 3.8) is 0 Å². The highest BCUT2D eigenvalue weighted by Gasteiger charge is 2.18. The Hall–Kier alpha value is -0.600. The summed E-state index contributed by atoms with van der Waals surface area (Å²) in [6.07, 6.45) is 2.14. The van der Waals surface area contributed by atoms with Crippen LogP contribution in [0, 0.1) is 12.7 Å². The summed E-state index contributed by atoms with van der Waals surface area (Å²) in [5, 5.41) is 3.85. The lowest BCUT2D eigenvalue weighted by Gasteiger charge is -2.24. The van der Waals surface area contributed by atoms with Crippen LogP contribution in [0.2, 0.25) is 5.02 Å². The summed E-state index contributed by atoms with van der Waals surface area (Å²) in [6, 6.07) is 3.03. The first-order valence-electron chi connectivity index (χ1n) is 5.34. The van der Waals surface area contributed by atoms with Crippen molar-refractivity contribution in [2.75, 3.05) is 13.1 Å². The van der Waals surface area contributed by atoms with Crippen LogP contribution in [-0.2, 0) is 0 Å². The molecule has 0 aliphatic carbocycles. The van der Waals surface area contributed by atoms with Crippen molar-refractivity contribution in [2.24, 2.45) is 0 Å². The second-order valence-corrected chi connectivity index (χ2v) is 4.53. The zero-order valence-electron chi connectivity index (χ0n) is 8.82. The van der Waals surface area contributed by atoms with Crippen molar-refractivity contribution in [1.29, 1.82) is 0 Å². The molecule has 0 saturated carbocycles. The Morgan fingerprint density at radius 1 is 1.33 bits per heavy atom. The van der Waals surface area contributed by atoms with Gasteiger partial charge in [0.05, 0.1) is 0 Å². The van der Waals surface area contributed by atoms with Crippen molar-refractivity contribution < 1.29 is 4.39 Å². The van der Waals surface area contributed by atoms with Crippen molar-refractivity contribution in [3.8, 4) is 0 Å². The van der Waals surface area contributed by atoms with Gasteiger partial charge in [-0.15, -0.1) is 0 Å². The van der Waals surface area contributed by atoms with Crippen LogP contribution in [0.3, 0.4) is 0 Å². The molecule has 1 saturated heterocycles. The van der Waals surface area contributed by atoms with Gasteiger partial charge in [0.25, 0.3) is 0 Å². The van der Waals surface area contributed by atoms with E-state index in [0.29, 0.717) is 10.9 Å². The molecule has 1 fully saturated rings. The summed E-state index contributed by atoms with van der Waals surface area (Å²) in [4.78, 5) is 0. The minimum absolute atomic E-state index is 0.223. The molecular formula is C12H15ClFN. The molecule has 0 bridgehead atoms. The average Bonchev–Trinajstić information content (AvgIpc) is 2.24. The van der Waals surface area contributed by atoms with Gasteiger partial charge in [-0.25, -0.2) is 4.39 Å². The van der Waals surface area contributed by atoms with E-state index in [-0.39, 0.29) is 5.82 Å². The predicted octanol–water partition coefficient (Wildman–Crippen LogP) is 3.25. The fourth-order valence-electron chi connectivity index (χ4n) is 2.22. The van der Waals surface area contributed by atoms with Crippen molar-refractivity contribution in [1.82, 2.24) is 5.32 Å². The highest BCUT2D eigenvalue weighted by Crippen LogP contribution is 2.31. The maximum atomic E-state index is 13.3. The monoisotopic (exact) mass is 227 g/mol. The molecule has 0 unspecified atom stereocenters. The molecular weight excluding hydrogens is 213 g/mol. The Labute approximate surface area is 94.6 Å². The zero-order chi connectivity index (χ0) is 10.8. The van der Waals surface area contributed by atoms with Crippen LogP contribution in [0.25, 0.3) is 0 Å². The van der Waals surface area contributed by atoms with Gasteiger partial charge in [-0.05, 0) is 62.0 Å². The summed E-state index contributed by atoms with van der Waals surface area (Å²) >= 11 is 5.98. The molecule has 1 heterocycles. The minimum Gasteiger partial charge on any atom is -0.317 e. The van der Waals surface area contributed by atoms with Crippen LogP contribution in [0.15, 0.2) is 12.1 Å². The molecule has 1 nitrogen and oxygen atoms in total. The average molecular weight is 228 g/mol. The number of benzene rings is 1. The third kappa shape index (κ3) is 2.32. The molecule has 0 amide bonds. The number of halogens is 2. The summed E-state index contributed by atoms with van der Waals surface area (Å²) in [6.45, 7) is 4.00. The Morgan fingerprint density at radius 2 is 2.00 bits per heavy atom. The standard InChI is InChI=1S/C12H15ClFN/c1-8-11(6-10(14)7-12(8)13)9-2-4-15-5-3-9/h6-7,9,15H,2-5H2,1H3. The number of piperidine rings is 1. The largest absolute Gasteiger partial charge is 0.317 e. The van der Waals surface area contributed by atoms with Crippen LogP contribution in [0.1, 0.15) is 29.9 Å². The fraction of sp³-hybridized carbons (Fsp3) is 0.500. The van der Waals surface area contributed by atoms with E-state index in [4.69, 9.17) is 11.6 Å². The molecule has 0 aromatic heterocycles. The number of nitrogens with one attached hydrogen (secondary N) is 1. The third-order valence-corrected chi connectivity index (χ3v) is 3.52. The van der Waals surface area contributed by atoms with Crippen LogP contribution in [0.4, 0.5) is 4.39 Å². The van der Waals surface area contributed by atoms with Crippen molar-refractivity contribution in [3.05, 3.63) is 34.1 Å². The molecule has 2 rings (SSSR count). The molecule has 0 spiro atoms. The summed E-state index contributed by atoms with van der Waals surface area (Å²) in [5.74, 6) is 0.235. The predicted molar refractivity (Wildman–Crippen MR) is 61.0 cm³/mol. The van der Waals surface area contributed by atoms with E-state index in [9.17, 15) is 4.39 Å². The molecule has 1 aromatic rings. The van der Waals surface area contributed by atoms with E-state index in [1.165, 1.54) is 6.07 Å². The Bertz CT molecular complexity index is 359.